The SMILES string of the molecule is CC1(C)OC[C@H]([C@H]2O[C@@]3(CCCN3P(=O)(OCc3ccccc3)OCc3ccccc3)[C@H]3OC(C)(C)O[C@@H]23)O1. The average molecular weight is 560 g/mol. The molecule has 10 heteroatoms. The normalized spacial score (nSPS) is 33.6. The van der Waals surface area contributed by atoms with Gasteiger partial charge in [0.2, 0.25) is 0 Å². The first-order chi connectivity index (χ1) is 18.6. The number of hydrogen-bond donors (Lipinski definition) is 0. The summed E-state index contributed by atoms with van der Waals surface area (Å²) in [5.74, 6) is -1.57. The van der Waals surface area contributed by atoms with Crippen LogP contribution < -0.4 is 0 Å². The Labute approximate surface area is 230 Å². The molecule has 2 aromatic rings. The molecule has 1 spiro atoms. The van der Waals surface area contributed by atoms with E-state index in [1.807, 2.05) is 88.4 Å². The topological polar surface area (TPSA) is 84.9 Å². The van der Waals surface area contributed by atoms with Crippen molar-refractivity contribution >= 4 is 7.75 Å². The first-order valence-corrected chi connectivity index (χ1v) is 15.2. The van der Waals surface area contributed by atoms with Gasteiger partial charge in [0.25, 0.3) is 0 Å². The van der Waals surface area contributed by atoms with Crippen LogP contribution in [-0.4, -0.2) is 59.5 Å². The molecule has 4 fully saturated rings. The van der Waals surface area contributed by atoms with E-state index in [2.05, 4.69) is 0 Å². The molecule has 6 rings (SSSR count). The van der Waals surface area contributed by atoms with Gasteiger partial charge in [-0.05, 0) is 51.7 Å². The van der Waals surface area contributed by atoms with Crippen LogP contribution in [0.3, 0.4) is 0 Å². The Kier molecular flexibility index (Phi) is 7.28. The predicted molar refractivity (Wildman–Crippen MR) is 142 cm³/mol. The summed E-state index contributed by atoms with van der Waals surface area (Å²) in [7, 11) is -3.89. The Balaban J connectivity index is 1.33. The number of nitrogens with zero attached hydrogens (tertiary/aromatic N) is 1. The first-order valence-electron chi connectivity index (χ1n) is 13.7. The summed E-state index contributed by atoms with van der Waals surface area (Å²) in [5.41, 5.74) is 0.734. The van der Waals surface area contributed by atoms with E-state index in [1.165, 1.54) is 0 Å². The van der Waals surface area contributed by atoms with Crippen molar-refractivity contribution < 1.29 is 37.3 Å². The second kappa shape index (κ2) is 10.3. The molecule has 0 N–H and O–H groups in total. The summed E-state index contributed by atoms with van der Waals surface area (Å²) in [4.78, 5) is 0. The van der Waals surface area contributed by atoms with E-state index in [0.29, 0.717) is 19.6 Å². The fourth-order valence-electron chi connectivity index (χ4n) is 6.09. The maximum atomic E-state index is 14.9. The van der Waals surface area contributed by atoms with Crippen LogP contribution in [0.4, 0.5) is 0 Å². The van der Waals surface area contributed by atoms with E-state index in [4.69, 9.17) is 32.7 Å². The van der Waals surface area contributed by atoms with Crippen LogP contribution >= 0.6 is 7.75 Å². The van der Waals surface area contributed by atoms with E-state index in [-0.39, 0.29) is 19.3 Å². The second-order valence-corrected chi connectivity index (χ2v) is 13.5. The molecule has 0 unspecified atom stereocenters. The zero-order valence-corrected chi connectivity index (χ0v) is 23.9. The van der Waals surface area contributed by atoms with Gasteiger partial charge in [-0.1, -0.05) is 60.7 Å². The molecule has 5 atom stereocenters. The molecule has 0 bridgehead atoms. The predicted octanol–water partition coefficient (Wildman–Crippen LogP) is 5.39. The molecule has 212 valence electrons. The Hall–Kier alpha value is -1.65. The average Bonchev–Trinajstić information content (AvgIpc) is 3.66. The maximum absolute atomic E-state index is 14.9. The van der Waals surface area contributed by atoms with Gasteiger partial charge in [0, 0.05) is 6.54 Å². The Morgan fingerprint density at radius 3 is 2.00 bits per heavy atom. The first kappa shape index (κ1) is 27.5. The van der Waals surface area contributed by atoms with Crippen LogP contribution in [0.5, 0.6) is 0 Å². The molecule has 4 saturated heterocycles. The summed E-state index contributed by atoms with van der Waals surface area (Å²) in [5, 5.41) is 0. The lowest BCUT2D eigenvalue weighted by Crippen LogP contribution is -2.52. The summed E-state index contributed by atoms with van der Waals surface area (Å²) < 4.78 is 60.9. The van der Waals surface area contributed by atoms with Crippen molar-refractivity contribution in [2.45, 2.75) is 95.5 Å². The molecule has 4 heterocycles. The van der Waals surface area contributed by atoms with Crippen LogP contribution in [0.1, 0.15) is 51.7 Å². The van der Waals surface area contributed by atoms with E-state index >= 15 is 0 Å². The minimum atomic E-state index is -3.89. The van der Waals surface area contributed by atoms with Crippen LogP contribution in [-0.2, 0) is 50.5 Å². The highest BCUT2D eigenvalue weighted by molar-refractivity contribution is 7.51. The van der Waals surface area contributed by atoms with Gasteiger partial charge in [-0.2, -0.15) is 4.67 Å². The Morgan fingerprint density at radius 1 is 0.821 bits per heavy atom. The zero-order chi connectivity index (χ0) is 27.3. The standard InChI is InChI=1S/C29H38NO8P/c1-27(2)32-20-23(35-27)24-25-26(38-28(3,4)36-25)29(37-24)16-11-17-30(29)39(31,33-18-21-12-7-5-8-13-21)34-19-22-14-9-6-10-15-22/h5-10,12-15,23-26H,11,16-20H2,1-4H3/t23-,24-,25+,26+,29+/m1/s1. The molecular formula is C29H38NO8P. The smallest absolute Gasteiger partial charge is 0.348 e. The highest BCUT2D eigenvalue weighted by Gasteiger charge is 2.71. The fraction of sp³-hybridized carbons (Fsp3) is 0.586. The largest absolute Gasteiger partial charge is 0.411 e. The minimum Gasteiger partial charge on any atom is -0.348 e. The lowest BCUT2D eigenvalue weighted by atomic mass is 9.99. The van der Waals surface area contributed by atoms with Crippen molar-refractivity contribution in [3.8, 4) is 0 Å². The lowest BCUT2D eigenvalue weighted by Gasteiger charge is -2.41. The quantitative estimate of drug-likeness (QED) is 0.395. The monoisotopic (exact) mass is 559 g/mol. The van der Waals surface area contributed by atoms with Gasteiger partial charge in [0.15, 0.2) is 17.3 Å². The molecule has 9 nitrogen and oxygen atoms in total. The third-order valence-corrected chi connectivity index (χ3v) is 9.79. The molecular weight excluding hydrogens is 521 g/mol. The molecule has 0 saturated carbocycles. The van der Waals surface area contributed by atoms with E-state index in [0.717, 1.165) is 17.5 Å². The molecule has 4 aliphatic rings. The summed E-state index contributed by atoms with van der Waals surface area (Å²) in [6, 6.07) is 19.3. The van der Waals surface area contributed by atoms with Crippen molar-refractivity contribution in [3.05, 3.63) is 71.8 Å². The van der Waals surface area contributed by atoms with Gasteiger partial charge >= 0.3 is 7.75 Å². The number of ether oxygens (including phenoxy) is 5. The third-order valence-electron chi connectivity index (χ3n) is 7.75. The molecule has 0 aromatic heterocycles. The fourth-order valence-corrected chi connectivity index (χ4v) is 8.13. The number of fused-ring (bicyclic) bond motifs is 2. The number of hydrogen-bond acceptors (Lipinski definition) is 8. The summed E-state index contributed by atoms with van der Waals surface area (Å²) in [6.07, 6.45) is -0.451. The highest BCUT2D eigenvalue weighted by atomic mass is 31.2. The molecule has 0 amide bonds. The van der Waals surface area contributed by atoms with Crippen molar-refractivity contribution in [3.63, 3.8) is 0 Å². The van der Waals surface area contributed by atoms with Crippen molar-refractivity contribution in [2.75, 3.05) is 13.2 Å². The van der Waals surface area contributed by atoms with E-state index in [1.54, 1.807) is 4.67 Å². The maximum Gasteiger partial charge on any atom is 0.411 e. The Morgan fingerprint density at radius 2 is 1.44 bits per heavy atom. The lowest BCUT2D eigenvalue weighted by molar-refractivity contribution is -0.244. The van der Waals surface area contributed by atoms with Gasteiger partial charge in [-0.15, -0.1) is 0 Å². The third kappa shape index (κ3) is 5.37. The Bertz CT molecular complexity index is 1150. The molecule has 0 radical (unpaired) electrons. The molecule has 0 aliphatic carbocycles. The van der Waals surface area contributed by atoms with Crippen LogP contribution in [0.15, 0.2) is 60.7 Å². The second-order valence-electron chi connectivity index (χ2n) is 11.5. The molecule has 2 aromatic carbocycles. The number of benzene rings is 2. The number of rotatable bonds is 8. The van der Waals surface area contributed by atoms with E-state index < -0.39 is 43.4 Å². The van der Waals surface area contributed by atoms with Crippen molar-refractivity contribution in [2.24, 2.45) is 0 Å². The van der Waals surface area contributed by atoms with E-state index in [9.17, 15) is 4.57 Å². The van der Waals surface area contributed by atoms with Crippen molar-refractivity contribution in [1.82, 2.24) is 4.67 Å². The summed E-state index contributed by atoms with van der Waals surface area (Å²) >= 11 is 0. The molecule has 4 aliphatic heterocycles. The summed E-state index contributed by atoms with van der Waals surface area (Å²) in [6.45, 7) is 8.65. The molecule has 39 heavy (non-hydrogen) atoms. The zero-order valence-electron chi connectivity index (χ0n) is 23.0. The van der Waals surface area contributed by atoms with Crippen molar-refractivity contribution in [1.29, 1.82) is 0 Å². The van der Waals surface area contributed by atoms with Crippen LogP contribution in [0.25, 0.3) is 0 Å². The van der Waals surface area contributed by atoms with Gasteiger partial charge in [0.05, 0.1) is 19.8 Å². The van der Waals surface area contributed by atoms with Crippen LogP contribution in [0, 0.1) is 0 Å². The van der Waals surface area contributed by atoms with Gasteiger partial charge < -0.3 is 23.7 Å². The van der Waals surface area contributed by atoms with Crippen LogP contribution in [0.2, 0.25) is 0 Å². The minimum absolute atomic E-state index is 0.133. The van der Waals surface area contributed by atoms with Gasteiger partial charge in [-0.25, -0.2) is 4.57 Å². The van der Waals surface area contributed by atoms with Gasteiger partial charge in [-0.3, -0.25) is 9.05 Å². The highest BCUT2D eigenvalue weighted by Crippen LogP contribution is 2.64. The van der Waals surface area contributed by atoms with Gasteiger partial charge in [0.1, 0.15) is 24.4 Å².